The van der Waals surface area contributed by atoms with Gasteiger partial charge in [-0.2, -0.15) is 13.2 Å². The van der Waals surface area contributed by atoms with E-state index in [1.165, 1.54) is 6.07 Å². The second kappa shape index (κ2) is 8.39. The Morgan fingerprint density at radius 1 is 1.03 bits per heavy atom. The molecule has 3 heterocycles. The average Bonchev–Trinajstić information content (AvgIpc) is 2.97. The van der Waals surface area contributed by atoms with E-state index >= 15 is 0 Å². The summed E-state index contributed by atoms with van der Waals surface area (Å²) in [5.41, 5.74) is 0.435. The molecule has 31 heavy (non-hydrogen) atoms. The smallest absolute Gasteiger partial charge is 0.354 e. The predicted octanol–water partition coefficient (Wildman–Crippen LogP) is 3.57. The Morgan fingerprint density at radius 3 is 2.29 bits per heavy atom. The summed E-state index contributed by atoms with van der Waals surface area (Å²) < 4.78 is 41.5. The molecule has 2 aromatic heterocycles. The van der Waals surface area contributed by atoms with E-state index in [2.05, 4.69) is 9.88 Å². The van der Waals surface area contributed by atoms with Crippen molar-refractivity contribution in [2.75, 3.05) is 31.1 Å². The molecule has 1 fully saturated rings. The summed E-state index contributed by atoms with van der Waals surface area (Å²) in [5.74, 6) is 0.522. The lowest BCUT2D eigenvalue weighted by atomic mass is 10.2. The Kier molecular flexibility index (Phi) is 5.81. The van der Waals surface area contributed by atoms with Crippen molar-refractivity contribution in [3.8, 4) is 5.69 Å². The van der Waals surface area contributed by atoms with Crippen molar-refractivity contribution in [2.45, 2.75) is 12.7 Å². The molecule has 0 unspecified atom stereocenters. The van der Waals surface area contributed by atoms with Crippen molar-refractivity contribution in [2.24, 2.45) is 7.05 Å². The molecule has 0 bridgehead atoms. The van der Waals surface area contributed by atoms with Crippen LogP contribution in [-0.2, 0) is 19.8 Å². The van der Waals surface area contributed by atoms with E-state index in [-0.39, 0.29) is 10.6 Å². The highest BCUT2D eigenvalue weighted by molar-refractivity contribution is 6.31. The van der Waals surface area contributed by atoms with Gasteiger partial charge in [0.25, 0.3) is 5.56 Å². The van der Waals surface area contributed by atoms with Gasteiger partial charge in [0.2, 0.25) is 0 Å². The molecule has 164 valence electrons. The zero-order valence-electron chi connectivity index (χ0n) is 16.8. The lowest BCUT2D eigenvalue weighted by Gasteiger charge is -2.35. The maximum Gasteiger partial charge on any atom is 0.417 e. The van der Waals surface area contributed by atoms with Gasteiger partial charge < -0.3 is 4.90 Å². The van der Waals surface area contributed by atoms with E-state index in [0.717, 1.165) is 23.6 Å². The zero-order valence-corrected chi connectivity index (χ0v) is 17.6. The van der Waals surface area contributed by atoms with Gasteiger partial charge in [-0.25, -0.2) is 9.67 Å². The van der Waals surface area contributed by atoms with Crippen LogP contribution in [0.2, 0.25) is 5.02 Å². The van der Waals surface area contributed by atoms with Crippen LogP contribution in [0.3, 0.4) is 0 Å². The van der Waals surface area contributed by atoms with Crippen molar-refractivity contribution < 1.29 is 13.2 Å². The molecule has 0 saturated carbocycles. The Bertz CT molecular complexity index is 1100. The van der Waals surface area contributed by atoms with Gasteiger partial charge >= 0.3 is 6.18 Å². The van der Waals surface area contributed by atoms with Crippen LogP contribution < -0.4 is 10.5 Å². The summed E-state index contributed by atoms with van der Waals surface area (Å²) in [7, 11) is 1.80. The molecule has 1 aliphatic rings. The van der Waals surface area contributed by atoms with E-state index in [4.69, 9.17) is 11.6 Å². The topological polar surface area (TPSA) is 46.3 Å². The fourth-order valence-electron chi connectivity index (χ4n) is 3.73. The molecular weight excluding hydrogens is 431 g/mol. The van der Waals surface area contributed by atoms with Crippen LogP contribution in [0, 0.1) is 0 Å². The highest BCUT2D eigenvalue weighted by Crippen LogP contribution is 2.29. The van der Waals surface area contributed by atoms with Crippen LogP contribution in [0.15, 0.2) is 53.5 Å². The summed E-state index contributed by atoms with van der Waals surface area (Å²) in [4.78, 5) is 20.8. The number of anilines is 1. The molecule has 1 saturated heterocycles. The number of hydrogen-bond acceptors (Lipinski definition) is 4. The maximum absolute atomic E-state index is 12.7. The third-order valence-corrected chi connectivity index (χ3v) is 5.85. The van der Waals surface area contributed by atoms with Gasteiger partial charge in [0.15, 0.2) is 0 Å². The molecule has 0 spiro atoms. The summed E-state index contributed by atoms with van der Waals surface area (Å²) in [6, 6.07) is 11.7. The van der Waals surface area contributed by atoms with E-state index in [1.54, 1.807) is 16.4 Å². The third-order valence-electron chi connectivity index (χ3n) is 5.47. The number of alkyl halides is 3. The highest BCUT2D eigenvalue weighted by atomic mass is 35.5. The third kappa shape index (κ3) is 4.33. The number of hydrogen-bond donors (Lipinski definition) is 0. The van der Waals surface area contributed by atoms with Gasteiger partial charge in [-0.1, -0.05) is 29.8 Å². The quantitative estimate of drug-likeness (QED) is 0.608. The minimum atomic E-state index is -4.39. The van der Waals surface area contributed by atoms with Crippen molar-refractivity contribution in [3.05, 3.63) is 75.3 Å². The Balaban J connectivity index is 1.44. The number of halogens is 4. The molecule has 0 radical (unpaired) electrons. The summed E-state index contributed by atoms with van der Waals surface area (Å²) in [5, 5.41) is 0.193. The summed E-state index contributed by atoms with van der Waals surface area (Å²) in [6.07, 6.45) is -3.53. The van der Waals surface area contributed by atoms with Crippen molar-refractivity contribution in [1.82, 2.24) is 19.2 Å². The fraction of sp³-hybridized carbons (Fsp3) is 0.333. The number of aromatic nitrogens is 3. The Morgan fingerprint density at radius 2 is 1.71 bits per heavy atom. The standard InChI is InChI=1S/C21H21ClF3N5O/c1-27-17(19(22)20(31)30(27)16-5-3-2-4-6-16)14-28-9-11-29(12-10-28)18-8-7-15(13-26-18)21(23,24)25/h2-8,13H,9-12,14H2,1H3. The summed E-state index contributed by atoms with van der Waals surface area (Å²) >= 11 is 6.37. The van der Waals surface area contributed by atoms with Crippen molar-refractivity contribution in [3.63, 3.8) is 0 Å². The number of nitrogens with zero attached hydrogens (tertiary/aromatic N) is 5. The van der Waals surface area contributed by atoms with Crippen LogP contribution in [0.4, 0.5) is 19.0 Å². The van der Waals surface area contributed by atoms with Gasteiger partial charge in [0.05, 0.1) is 16.9 Å². The maximum atomic E-state index is 12.7. The normalized spacial score (nSPS) is 15.5. The molecule has 10 heteroatoms. The fourth-order valence-corrected chi connectivity index (χ4v) is 4.00. The molecule has 0 aliphatic carbocycles. The first-order valence-electron chi connectivity index (χ1n) is 9.78. The van der Waals surface area contributed by atoms with E-state index < -0.39 is 11.7 Å². The molecule has 0 N–H and O–H groups in total. The Hall–Kier alpha value is -2.78. The molecule has 0 atom stereocenters. The van der Waals surface area contributed by atoms with Crippen molar-refractivity contribution >= 4 is 17.4 Å². The molecule has 3 aromatic rings. The van der Waals surface area contributed by atoms with Gasteiger partial charge in [-0.3, -0.25) is 14.4 Å². The van der Waals surface area contributed by atoms with Crippen LogP contribution in [-0.4, -0.2) is 45.4 Å². The molecule has 6 nitrogen and oxygen atoms in total. The lowest BCUT2D eigenvalue weighted by molar-refractivity contribution is -0.137. The van der Waals surface area contributed by atoms with Crippen LogP contribution in [0.5, 0.6) is 0 Å². The lowest BCUT2D eigenvalue weighted by Crippen LogP contribution is -2.46. The monoisotopic (exact) mass is 451 g/mol. The summed E-state index contributed by atoms with van der Waals surface area (Å²) in [6.45, 7) is 3.07. The van der Waals surface area contributed by atoms with Crippen molar-refractivity contribution in [1.29, 1.82) is 0 Å². The largest absolute Gasteiger partial charge is 0.417 e. The minimum absolute atomic E-state index is 0.193. The van der Waals surface area contributed by atoms with E-state index in [9.17, 15) is 18.0 Å². The van der Waals surface area contributed by atoms with Gasteiger partial charge in [-0.05, 0) is 24.3 Å². The number of piperazine rings is 1. The number of para-hydroxylation sites is 1. The van der Waals surface area contributed by atoms with Gasteiger partial charge in [0.1, 0.15) is 10.8 Å². The molecule has 0 amide bonds. The first kappa shape index (κ1) is 21.5. The predicted molar refractivity (Wildman–Crippen MR) is 113 cm³/mol. The molecule has 1 aromatic carbocycles. The number of benzene rings is 1. The molecular formula is C21H21ClF3N5O. The van der Waals surface area contributed by atoms with Crippen LogP contribution in [0.25, 0.3) is 5.69 Å². The Labute approximate surface area is 182 Å². The second-order valence-corrected chi connectivity index (χ2v) is 7.78. The highest BCUT2D eigenvalue weighted by Gasteiger charge is 2.31. The minimum Gasteiger partial charge on any atom is -0.354 e. The number of pyridine rings is 1. The van der Waals surface area contributed by atoms with Gasteiger partial charge in [0, 0.05) is 46.0 Å². The average molecular weight is 452 g/mol. The number of rotatable bonds is 4. The van der Waals surface area contributed by atoms with Crippen LogP contribution in [0.1, 0.15) is 11.3 Å². The first-order chi connectivity index (χ1) is 14.8. The van der Waals surface area contributed by atoms with Gasteiger partial charge in [-0.15, -0.1) is 0 Å². The van der Waals surface area contributed by atoms with E-state index in [0.29, 0.717) is 38.5 Å². The van der Waals surface area contributed by atoms with E-state index in [1.807, 2.05) is 35.2 Å². The zero-order chi connectivity index (χ0) is 22.2. The SMILES string of the molecule is Cn1c(CN2CCN(c3ccc(C(F)(F)F)cn3)CC2)c(Cl)c(=O)n1-c1ccccc1. The van der Waals surface area contributed by atoms with Crippen LogP contribution >= 0.6 is 11.6 Å². The molecule has 4 rings (SSSR count). The second-order valence-electron chi connectivity index (χ2n) is 7.40. The molecule has 1 aliphatic heterocycles. The first-order valence-corrected chi connectivity index (χ1v) is 10.2.